The van der Waals surface area contributed by atoms with E-state index in [0.29, 0.717) is 0 Å². The lowest BCUT2D eigenvalue weighted by atomic mass is 9.83. The van der Waals surface area contributed by atoms with Crippen molar-refractivity contribution in [2.45, 2.75) is 39.2 Å². The fourth-order valence-corrected chi connectivity index (χ4v) is 2.92. The first-order chi connectivity index (χ1) is 8.24. The summed E-state index contributed by atoms with van der Waals surface area (Å²) in [6.45, 7) is 4.45. The maximum Gasteiger partial charge on any atom is 0.0410 e. The molecule has 94 valence electrons. The van der Waals surface area contributed by atoms with Crippen molar-refractivity contribution in [3.05, 3.63) is 28.5 Å². The second-order valence-corrected chi connectivity index (χ2v) is 6.18. The first-order valence-electron chi connectivity index (χ1n) is 6.54. The highest BCUT2D eigenvalue weighted by Gasteiger charge is 2.17. The smallest absolute Gasteiger partial charge is 0.0410 e. The summed E-state index contributed by atoms with van der Waals surface area (Å²) < 4.78 is 1.06. The molecule has 1 N–H and O–H groups in total. The van der Waals surface area contributed by atoms with Crippen molar-refractivity contribution in [1.82, 2.24) is 10.3 Å². The third kappa shape index (κ3) is 4.40. The summed E-state index contributed by atoms with van der Waals surface area (Å²) >= 11 is 3.45. The minimum Gasteiger partial charge on any atom is -0.312 e. The van der Waals surface area contributed by atoms with Crippen LogP contribution in [0.5, 0.6) is 0 Å². The van der Waals surface area contributed by atoms with E-state index in [1.165, 1.54) is 31.2 Å². The Hall–Kier alpha value is -0.410. The second kappa shape index (κ2) is 6.50. The summed E-state index contributed by atoms with van der Waals surface area (Å²) in [6, 6.07) is 2.13. The number of hydrogen-bond donors (Lipinski definition) is 1. The molecular formula is C14H21BrN2. The molecule has 2 nitrogen and oxygen atoms in total. The predicted molar refractivity (Wildman–Crippen MR) is 74.8 cm³/mol. The van der Waals surface area contributed by atoms with Gasteiger partial charge in [0.15, 0.2) is 0 Å². The SMILES string of the molecule is CC1CCC(CNCc2cncc(Br)c2)CC1. The van der Waals surface area contributed by atoms with Crippen molar-refractivity contribution in [1.29, 1.82) is 0 Å². The lowest BCUT2D eigenvalue weighted by Crippen LogP contribution is -2.25. The second-order valence-electron chi connectivity index (χ2n) is 5.27. The number of pyridine rings is 1. The van der Waals surface area contributed by atoms with Crippen LogP contribution in [0.2, 0.25) is 0 Å². The zero-order valence-electron chi connectivity index (χ0n) is 10.5. The van der Waals surface area contributed by atoms with Crippen molar-refractivity contribution >= 4 is 15.9 Å². The largest absolute Gasteiger partial charge is 0.312 e. The lowest BCUT2D eigenvalue weighted by Gasteiger charge is -2.26. The zero-order chi connectivity index (χ0) is 12.1. The van der Waals surface area contributed by atoms with E-state index in [1.54, 1.807) is 0 Å². The number of aromatic nitrogens is 1. The Kier molecular flexibility index (Phi) is 4.99. The van der Waals surface area contributed by atoms with Crippen molar-refractivity contribution in [2.75, 3.05) is 6.54 Å². The molecule has 0 bridgehead atoms. The number of hydrogen-bond acceptors (Lipinski definition) is 2. The highest BCUT2D eigenvalue weighted by molar-refractivity contribution is 9.10. The summed E-state index contributed by atoms with van der Waals surface area (Å²) in [6.07, 6.45) is 9.36. The first-order valence-corrected chi connectivity index (χ1v) is 7.33. The van der Waals surface area contributed by atoms with Crippen LogP contribution in [0.15, 0.2) is 22.9 Å². The Labute approximate surface area is 112 Å². The first kappa shape index (κ1) is 13.0. The van der Waals surface area contributed by atoms with E-state index in [9.17, 15) is 0 Å². The minimum absolute atomic E-state index is 0.881. The molecule has 1 aliphatic carbocycles. The van der Waals surface area contributed by atoms with Gasteiger partial charge in [-0.1, -0.05) is 19.8 Å². The normalized spacial score (nSPS) is 24.8. The topological polar surface area (TPSA) is 24.9 Å². The van der Waals surface area contributed by atoms with E-state index < -0.39 is 0 Å². The Morgan fingerprint density at radius 1 is 1.29 bits per heavy atom. The number of rotatable bonds is 4. The Morgan fingerprint density at radius 3 is 2.76 bits per heavy atom. The van der Waals surface area contributed by atoms with Gasteiger partial charge in [-0.05, 0) is 58.8 Å². The number of nitrogens with zero attached hydrogens (tertiary/aromatic N) is 1. The van der Waals surface area contributed by atoms with E-state index in [-0.39, 0.29) is 0 Å². The molecule has 1 aromatic rings. The maximum atomic E-state index is 4.17. The fraction of sp³-hybridized carbons (Fsp3) is 0.643. The molecule has 1 heterocycles. The van der Waals surface area contributed by atoms with E-state index in [2.05, 4.69) is 39.2 Å². The molecule has 0 saturated heterocycles. The molecule has 0 spiro atoms. The fourth-order valence-electron chi connectivity index (χ4n) is 2.51. The quantitative estimate of drug-likeness (QED) is 0.915. The van der Waals surface area contributed by atoms with Gasteiger partial charge in [-0.3, -0.25) is 4.98 Å². The number of halogens is 1. The van der Waals surface area contributed by atoms with Gasteiger partial charge in [-0.25, -0.2) is 0 Å². The minimum atomic E-state index is 0.881. The van der Waals surface area contributed by atoms with Gasteiger partial charge in [0.1, 0.15) is 0 Å². The van der Waals surface area contributed by atoms with Crippen LogP contribution in [-0.2, 0) is 6.54 Å². The molecule has 17 heavy (non-hydrogen) atoms. The zero-order valence-corrected chi connectivity index (χ0v) is 12.0. The molecule has 0 amide bonds. The Morgan fingerprint density at radius 2 is 2.06 bits per heavy atom. The average molecular weight is 297 g/mol. The highest BCUT2D eigenvalue weighted by atomic mass is 79.9. The molecule has 3 heteroatoms. The molecule has 1 fully saturated rings. The molecule has 2 rings (SSSR count). The standard InChI is InChI=1S/C14H21BrN2/c1-11-2-4-12(5-3-11)7-16-8-13-6-14(15)10-17-9-13/h6,9-12,16H,2-5,7-8H2,1H3. The van der Waals surface area contributed by atoms with Crippen LogP contribution < -0.4 is 5.32 Å². The van der Waals surface area contributed by atoms with Crippen LogP contribution >= 0.6 is 15.9 Å². The molecule has 0 atom stereocenters. The van der Waals surface area contributed by atoms with Crippen LogP contribution in [0.1, 0.15) is 38.2 Å². The molecule has 0 aromatic carbocycles. The van der Waals surface area contributed by atoms with Gasteiger partial charge in [0.25, 0.3) is 0 Å². The van der Waals surface area contributed by atoms with Crippen LogP contribution in [0.25, 0.3) is 0 Å². The maximum absolute atomic E-state index is 4.17. The van der Waals surface area contributed by atoms with Crippen molar-refractivity contribution in [3.8, 4) is 0 Å². The predicted octanol–water partition coefficient (Wildman–Crippen LogP) is 3.76. The average Bonchev–Trinajstić information content (AvgIpc) is 2.32. The van der Waals surface area contributed by atoms with Crippen molar-refractivity contribution in [2.24, 2.45) is 11.8 Å². The summed E-state index contributed by atoms with van der Waals surface area (Å²) in [7, 11) is 0. The van der Waals surface area contributed by atoms with Crippen LogP contribution in [0, 0.1) is 11.8 Å². The van der Waals surface area contributed by atoms with Crippen LogP contribution in [0.4, 0.5) is 0 Å². The summed E-state index contributed by atoms with van der Waals surface area (Å²) in [5, 5.41) is 3.55. The molecule has 1 aliphatic rings. The third-order valence-corrected chi connectivity index (χ3v) is 4.09. The van der Waals surface area contributed by atoms with Gasteiger partial charge in [-0.15, -0.1) is 0 Å². The van der Waals surface area contributed by atoms with Crippen LogP contribution in [-0.4, -0.2) is 11.5 Å². The molecule has 1 saturated carbocycles. The van der Waals surface area contributed by atoms with Crippen LogP contribution in [0.3, 0.4) is 0 Å². The summed E-state index contributed by atoms with van der Waals surface area (Å²) in [5.74, 6) is 1.83. The van der Waals surface area contributed by atoms with Gasteiger partial charge in [0, 0.05) is 23.4 Å². The van der Waals surface area contributed by atoms with E-state index in [0.717, 1.165) is 29.4 Å². The Balaban J connectivity index is 1.69. The van der Waals surface area contributed by atoms with Gasteiger partial charge < -0.3 is 5.32 Å². The lowest BCUT2D eigenvalue weighted by molar-refractivity contribution is 0.281. The van der Waals surface area contributed by atoms with E-state index in [4.69, 9.17) is 0 Å². The van der Waals surface area contributed by atoms with Crippen molar-refractivity contribution in [3.63, 3.8) is 0 Å². The van der Waals surface area contributed by atoms with Gasteiger partial charge in [0.2, 0.25) is 0 Å². The van der Waals surface area contributed by atoms with Gasteiger partial charge in [0.05, 0.1) is 0 Å². The Bertz CT molecular complexity index is 346. The van der Waals surface area contributed by atoms with Crippen molar-refractivity contribution < 1.29 is 0 Å². The number of nitrogens with one attached hydrogen (secondary N) is 1. The summed E-state index contributed by atoms with van der Waals surface area (Å²) in [4.78, 5) is 4.17. The van der Waals surface area contributed by atoms with Gasteiger partial charge in [-0.2, -0.15) is 0 Å². The summed E-state index contributed by atoms with van der Waals surface area (Å²) in [5.41, 5.74) is 1.25. The molecular weight excluding hydrogens is 276 g/mol. The highest BCUT2D eigenvalue weighted by Crippen LogP contribution is 2.27. The monoisotopic (exact) mass is 296 g/mol. The molecule has 0 aliphatic heterocycles. The van der Waals surface area contributed by atoms with Gasteiger partial charge >= 0.3 is 0 Å². The molecule has 1 aromatic heterocycles. The third-order valence-electron chi connectivity index (χ3n) is 3.66. The van der Waals surface area contributed by atoms with E-state index >= 15 is 0 Å². The van der Waals surface area contributed by atoms with E-state index in [1.807, 2.05) is 12.4 Å². The molecule has 0 unspecified atom stereocenters. The molecule has 0 radical (unpaired) electrons.